The first-order valence-corrected chi connectivity index (χ1v) is 6.94. The van der Waals surface area contributed by atoms with Gasteiger partial charge in [0.2, 0.25) is 0 Å². The van der Waals surface area contributed by atoms with Gasteiger partial charge < -0.3 is 9.14 Å². The van der Waals surface area contributed by atoms with Gasteiger partial charge in [-0.1, -0.05) is 0 Å². The highest BCUT2D eigenvalue weighted by Crippen LogP contribution is 2.09. The molecule has 0 aliphatic rings. The average Bonchev–Trinajstić information content (AvgIpc) is 2.96. The predicted octanol–water partition coefficient (Wildman–Crippen LogP) is 2.82. The fourth-order valence-electron chi connectivity index (χ4n) is 2.11. The van der Waals surface area contributed by atoms with Crippen molar-refractivity contribution < 1.29 is 18.7 Å². The lowest BCUT2D eigenvalue weighted by atomic mass is 10.1. The monoisotopic (exact) mass is 312 g/mol. The van der Waals surface area contributed by atoms with Gasteiger partial charge in [-0.15, -0.1) is 0 Å². The Balaban J connectivity index is 1.68. The van der Waals surface area contributed by atoms with Gasteiger partial charge in [0.25, 0.3) is 0 Å². The highest BCUT2D eigenvalue weighted by Gasteiger charge is 2.15. The van der Waals surface area contributed by atoms with E-state index < -0.39 is 24.2 Å². The van der Waals surface area contributed by atoms with E-state index in [1.165, 1.54) is 24.3 Å². The van der Waals surface area contributed by atoms with Gasteiger partial charge in [0.1, 0.15) is 11.5 Å². The number of pyridine rings is 1. The number of ether oxygens (including phenoxy) is 1. The summed E-state index contributed by atoms with van der Waals surface area (Å²) in [7, 11) is 0. The van der Waals surface area contributed by atoms with Crippen molar-refractivity contribution >= 4 is 17.4 Å². The van der Waals surface area contributed by atoms with Crippen LogP contribution in [0.3, 0.4) is 0 Å². The Morgan fingerprint density at radius 1 is 1.22 bits per heavy atom. The molecule has 0 spiro atoms. The Bertz CT molecular complexity index is 884. The van der Waals surface area contributed by atoms with Crippen LogP contribution in [0.25, 0.3) is 5.65 Å². The molecule has 5 nitrogen and oxygen atoms in total. The zero-order chi connectivity index (χ0) is 16.4. The van der Waals surface area contributed by atoms with Crippen LogP contribution in [0.15, 0.2) is 48.8 Å². The van der Waals surface area contributed by atoms with Crippen molar-refractivity contribution in [3.63, 3.8) is 0 Å². The molecule has 0 fully saturated rings. The second kappa shape index (κ2) is 6.00. The molecule has 3 aromatic rings. The fraction of sp³-hybridized carbons (Fsp3) is 0.118. The number of imidazole rings is 1. The lowest BCUT2D eigenvalue weighted by molar-refractivity contribution is 0.0469. The number of hydrogen-bond acceptors (Lipinski definition) is 4. The van der Waals surface area contributed by atoms with Gasteiger partial charge >= 0.3 is 5.97 Å². The topological polar surface area (TPSA) is 60.7 Å². The maximum absolute atomic E-state index is 12.8. The Morgan fingerprint density at radius 2 is 1.96 bits per heavy atom. The first-order valence-electron chi connectivity index (χ1n) is 6.94. The quantitative estimate of drug-likeness (QED) is 0.549. The van der Waals surface area contributed by atoms with E-state index in [9.17, 15) is 14.0 Å². The van der Waals surface area contributed by atoms with Crippen LogP contribution in [0, 0.1) is 12.7 Å². The van der Waals surface area contributed by atoms with Gasteiger partial charge in [-0.2, -0.15) is 0 Å². The minimum absolute atomic E-state index is 0.127. The molecule has 23 heavy (non-hydrogen) atoms. The Kier molecular flexibility index (Phi) is 3.89. The number of aromatic nitrogens is 2. The molecule has 0 aliphatic heterocycles. The van der Waals surface area contributed by atoms with Crippen LogP contribution in [0.5, 0.6) is 0 Å². The van der Waals surface area contributed by atoms with E-state index in [1.54, 1.807) is 16.8 Å². The van der Waals surface area contributed by atoms with Crippen molar-refractivity contribution in [1.82, 2.24) is 9.38 Å². The molecule has 0 bridgehead atoms. The lowest BCUT2D eigenvalue weighted by Gasteiger charge is -2.02. The van der Waals surface area contributed by atoms with Gasteiger partial charge in [-0.25, -0.2) is 14.2 Å². The van der Waals surface area contributed by atoms with E-state index in [0.717, 1.165) is 5.56 Å². The molecule has 0 aliphatic carbocycles. The Hall–Kier alpha value is -3.02. The van der Waals surface area contributed by atoms with Crippen molar-refractivity contribution in [3.05, 3.63) is 71.4 Å². The number of esters is 1. The first kappa shape index (κ1) is 14.9. The third-order valence-electron chi connectivity index (χ3n) is 3.33. The number of ketones is 1. The van der Waals surface area contributed by atoms with Crippen molar-refractivity contribution in [1.29, 1.82) is 0 Å². The number of rotatable bonds is 4. The second-order valence-electron chi connectivity index (χ2n) is 5.10. The van der Waals surface area contributed by atoms with E-state index in [4.69, 9.17) is 4.74 Å². The SMILES string of the molecule is Cc1ccn2cc(C(=O)OCC(=O)c3ccc(F)cc3)nc2c1. The molecule has 0 radical (unpaired) electrons. The summed E-state index contributed by atoms with van der Waals surface area (Å²) in [6.07, 6.45) is 3.33. The number of benzene rings is 1. The molecular weight excluding hydrogens is 299 g/mol. The summed E-state index contributed by atoms with van der Waals surface area (Å²) in [6, 6.07) is 8.78. The molecule has 0 atom stereocenters. The molecule has 1 aromatic carbocycles. The number of carbonyl (C=O) groups is 2. The zero-order valence-corrected chi connectivity index (χ0v) is 12.3. The zero-order valence-electron chi connectivity index (χ0n) is 12.3. The second-order valence-corrected chi connectivity index (χ2v) is 5.10. The van der Waals surface area contributed by atoms with Gasteiger partial charge in [0, 0.05) is 18.0 Å². The molecule has 2 heterocycles. The van der Waals surface area contributed by atoms with Gasteiger partial charge in [0.15, 0.2) is 18.1 Å². The number of Topliss-reactive ketones (excluding diaryl/α,β-unsaturated/α-hetero) is 1. The standard InChI is InChI=1S/C17H13FN2O3/c1-11-6-7-20-9-14(19-16(20)8-11)17(22)23-10-15(21)12-2-4-13(18)5-3-12/h2-9H,10H2,1H3. The molecule has 116 valence electrons. The molecule has 0 saturated heterocycles. The van der Waals surface area contributed by atoms with E-state index in [2.05, 4.69) is 4.98 Å². The largest absolute Gasteiger partial charge is 0.453 e. The van der Waals surface area contributed by atoms with E-state index >= 15 is 0 Å². The van der Waals surface area contributed by atoms with Crippen LogP contribution in [0.2, 0.25) is 0 Å². The molecule has 6 heteroatoms. The smallest absolute Gasteiger partial charge is 0.359 e. The van der Waals surface area contributed by atoms with Crippen LogP contribution in [-0.4, -0.2) is 27.7 Å². The van der Waals surface area contributed by atoms with Crippen LogP contribution >= 0.6 is 0 Å². The van der Waals surface area contributed by atoms with Crippen molar-refractivity contribution in [2.24, 2.45) is 0 Å². The average molecular weight is 312 g/mol. The number of halogens is 1. The van der Waals surface area contributed by atoms with Crippen LogP contribution < -0.4 is 0 Å². The van der Waals surface area contributed by atoms with Crippen molar-refractivity contribution in [2.75, 3.05) is 6.61 Å². The summed E-state index contributed by atoms with van der Waals surface area (Å²) in [5.41, 5.74) is 2.06. The molecule has 0 amide bonds. The van der Waals surface area contributed by atoms with Crippen LogP contribution in [0.1, 0.15) is 26.4 Å². The summed E-state index contributed by atoms with van der Waals surface area (Å²) in [4.78, 5) is 28.0. The molecule has 0 N–H and O–H groups in total. The van der Waals surface area contributed by atoms with Crippen LogP contribution in [0.4, 0.5) is 4.39 Å². The normalized spacial score (nSPS) is 10.7. The Labute approximate surface area is 131 Å². The first-order chi connectivity index (χ1) is 11.0. The maximum Gasteiger partial charge on any atom is 0.359 e. The summed E-state index contributed by atoms with van der Waals surface area (Å²) < 4.78 is 19.5. The third kappa shape index (κ3) is 3.26. The minimum Gasteiger partial charge on any atom is -0.453 e. The number of fused-ring (bicyclic) bond motifs is 1. The van der Waals surface area contributed by atoms with E-state index in [1.807, 2.05) is 19.1 Å². The maximum atomic E-state index is 12.8. The highest BCUT2D eigenvalue weighted by atomic mass is 19.1. The number of nitrogens with zero attached hydrogens (tertiary/aromatic N) is 2. The Morgan fingerprint density at radius 3 is 2.70 bits per heavy atom. The van der Waals surface area contributed by atoms with Gasteiger partial charge in [-0.3, -0.25) is 4.79 Å². The lowest BCUT2D eigenvalue weighted by Crippen LogP contribution is -2.14. The third-order valence-corrected chi connectivity index (χ3v) is 3.33. The summed E-state index contributed by atoms with van der Waals surface area (Å²) in [5.74, 6) is -1.52. The molecule has 0 unspecified atom stereocenters. The van der Waals surface area contributed by atoms with Crippen LogP contribution in [-0.2, 0) is 4.74 Å². The molecule has 3 rings (SSSR count). The summed E-state index contributed by atoms with van der Waals surface area (Å²) in [6.45, 7) is 1.51. The number of hydrogen-bond donors (Lipinski definition) is 0. The van der Waals surface area contributed by atoms with E-state index in [-0.39, 0.29) is 11.3 Å². The molecular formula is C17H13FN2O3. The van der Waals surface area contributed by atoms with Crippen molar-refractivity contribution in [2.45, 2.75) is 6.92 Å². The van der Waals surface area contributed by atoms with Crippen molar-refractivity contribution in [3.8, 4) is 0 Å². The highest BCUT2D eigenvalue weighted by molar-refractivity contribution is 5.99. The minimum atomic E-state index is -0.679. The summed E-state index contributed by atoms with van der Waals surface area (Å²) in [5, 5.41) is 0. The number of aryl methyl sites for hydroxylation is 1. The number of carbonyl (C=O) groups excluding carboxylic acids is 2. The molecule has 2 aromatic heterocycles. The fourth-order valence-corrected chi connectivity index (χ4v) is 2.11. The predicted molar refractivity (Wildman–Crippen MR) is 80.9 cm³/mol. The van der Waals surface area contributed by atoms with E-state index in [0.29, 0.717) is 5.65 Å². The van der Waals surface area contributed by atoms with Gasteiger partial charge in [-0.05, 0) is 48.9 Å². The van der Waals surface area contributed by atoms with Gasteiger partial charge in [0.05, 0.1) is 0 Å². The molecule has 0 saturated carbocycles. The summed E-state index contributed by atoms with van der Waals surface area (Å²) >= 11 is 0.